The Kier molecular flexibility index (Phi) is 8.07. The van der Waals surface area contributed by atoms with Gasteiger partial charge in [-0.25, -0.2) is 4.79 Å². The molecule has 1 unspecified atom stereocenters. The van der Waals surface area contributed by atoms with Gasteiger partial charge in [-0.2, -0.15) is 0 Å². The fourth-order valence-corrected chi connectivity index (χ4v) is 5.16. The predicted octanol–water partition coefficient (Wildman–Crippen LogP) is 5.46. The van der Waals surface area contributed by atoms with Gasteiger partial charge in [0.1, 0.15) is 17.1 Å². The molecule has 2 aromatic carbocycles. The largest absolute Gasteiger partial charge is 0.483 e. The van der Waals surface area contributed by atoms with Crippen LogP contribution < -0.4 is 15.8 Å². The maximum absolute atomic E-state index is 13.5. The Hall–Kier alpha value is -3.78. The summed E-state index contributed by atoms with van der Waals surface area (Å²) in [4.78, 5) is 39.4. The van der Waals surface area contributed by atoms with Crippen LogP contribution in [-0.2, 0) is 23.9 Å². The smallest absolute Gasteiger partial charge is 0.340 e. The molecule has 3 N–H and O–H groups in total. The van der Waals surface area contributed by atoms with Crippen molar-refractivity contribution in [2.45, 2.75) is 53.4 Å². The number of halogens is 1. The zero-order valence-corrected chi connectivity index (χ0v) is 23.5. The summed E-state index contributed by atoms with van der Waals surface area (Å²) < 4.78 is 17.1. The summed E-state index contributed by atoms with van der Waals surface area (Å²) in [5, 5.41) is 3.22. The third-order valence-electron chi connectivity index (χ3n) is 6.76. The van der Waals surface area contributed by atoms with E-state index in [4.69, 9.17) is 31.5 Å². The second kappa shape index (κ2) is 11.1. The van der Waals surface area contributed by atoms with E-state index >= 15 is 0 Å². The molecule has 0 saturated heterocycles. The Bertz CT molecular complexity index is 1410. The van der Waals surface area contributed by atoms with Gasteiger partial charge in [0.05, 0.1) is 12.5 Å². The summed E-state index contributed by atoms with van der Waals surface area (Å²) in [6.45, 7) is 9.25. The van der Waals surface area contributed by atoms with Crippen LogP contribution >= 0.6 is 11.6 Å². The van der Waals surface area contributed by atoms with Crippen LogP contribution in [0.1, 0.15) is 56.2 Å². The summed E-state index contributed by atoms with van der Waals surface area (Å²) in [6.07, 6.45) is 0.715. The van der Waals surface area contributed by atoms with Crippen molar-refractivity contribution in [3.05, 3.63) is 80.9 Å². The molecule has 0 saturated carbocycles. The summed E-state index contributed by atoms with van der Waals surface area (Å²) in [6, 6.07) is 10.6. The molecule has 1 heterocycles. The lowest BCUT2D eigenvalue weighted by Crippen LogP contribution is -2.36. The Morgan fingerprint density at radius 1 is 1.15 bits per heavy atom. The van der Waals surface area contributed by atoms with Crippen molar-refractivity contribution in [3.63, 3.8) is 0 Å². The van der Waals surface area contributed by atoms with E-state index in [0.717, 1.165) is 11.1 Å². The number of amides is 1. The minimum atomic E-state index is -0.938. The molecule has 2 aliphatic rings. The van der Waals surface area contributed by atoms with Gasteiger partial charge in [0.2, 0.25) is 5.88 Å². The van der Waals surface area contributed by atoms with Crippen LogP contribution in [0.15, 0.2) is 59.2 Å². The van der Waals surface area contributed by atoms with Crippen molar-refractivity contribution in [2.75, 3.05) is 18.5 Å². The summed E-state index contributed by atoms with van der Waals surface area (Å²) in [5.41, 5.74) is 9.28. The first-order valence-electron chi connectivity index (χ1n) is 12.8. The molecule has 0 bridgehead atoms. The Morgan fingerprint density at radius 3 is 2.62 bits per heavy atom. The SMILES string of the molecule is CCOC(=O)C1=C(N)OC2=C(C(=O)CC(C)(C)C2)C1c1cc(Cl)ccc1OCC(=O)Nc1cc(C)ccc1C. The summed E-state index contributed by atoms with van der Waals surface area (Å²) >= 11 is 6.39. The number of esters is 1. The van der Waals surface area contributed by atoms with Gasteiger partial charge in [0.15, 0.2) is 12.4 Å². The highest BCUT2D eigenvalue weighted by Crippen LogP contribution is 2.50. The van der Waals surface area contributed by atoms with Crippen LogP contribution in [0.3, 0.4) is 0 Å². The van der Waals surface area contributed by atoms with E-state index < -0.39 is 11.9 Å². The molecule has 1 aliphatic carbocycles. The maximum atomic E-state index is 13.5. The van der Waals surface area contributed by atoms with E-state index in [1.807, 2.05) is 45.9 Å². The third kappa shape index (κ3) is 6.11. The molecule has 4 rings (SSSR count). The minimum absolute atomic E-state index is 0.00406. The van der Waals surface area contributed by atoms with Gasteiger partial charge in [0.25, 0.3) is 5.91 Å². The molecule has 2 aromatic rings. The zero-order valence-electron chi connectivity index (χ0n) is 22.8. The maximum Gasteiger partial charge on any atom is 0.340 e. The normalized spacial score (nSPS) is 18.3. The number of aryl methyl sites for hydroxylation is 2. The van der Waals surface area contributed by atoms with Crippen molar-refractivity contribution in [2.24, 2.45) is 11.1 Å². The fraction of sp³-hybridized carbons (Fsp3) is 0.367. The van der Waals surface area contributed by atoms with Gasteiger partial charge in [-0.1, -0.05) is 37.6 Å². The molecule has 9 heteroatoms. The minimum Gasteiger partial charge on any atom is -0.483 e. The number of ether oxygens (including phenoxy) is 3. The van der Waals surface area contributed by atoms with Crippen LogP contribution in [0.4, 0.5) is 5.69 Å². The number of carbonyl (C=O) groups is 3. The van der Waals surface area contributed by atoms with Crippen molar-refractivity contribution in [1.82, 2.24) is 0 Å². The number of carbonyl (C=O) groups excluding carboxylic acids is 3. The van der Waals surface area contributed by atoms with Crippen LogP contribution in [0.5, 0.6) is 5.75 Å². The molecular weight excluding hydrogens is 520 g/mol. The van der Waals surface area contributed by atoms with Crippen LogP contribution in [0.2, 0.25) is 5.02 Å². The third-order valence-corrected chi connectivity index (χ3v) is 6.99. The van der Waals surface area contributed by atoms with Gasteiger partial charge in [-0.05, 0) is 61.6 Å². The molecule has 1 atom stereocenters. The van der Waals surface area contributed by atoms with Crippen molar-refractivity contribution >= 4 is 34.9 Å². The highest BCUT2D eigenvalue weighted by Gasteiger charge is 2.46. The van der Waals surface area contributed by atoms with Crippen LogP contribution in [0.25, 0.3) is 0 Å². The molecule has 0 aromatic heterocycles. The number of Topliss-reactive ketones (excluding diaryl/α,β-unsaturated/α-hetero) is 1. The molecule has 8 nitrogen and oxygen atoms in total. The van der Waals surface area contributed by atoms with Crippen LogP contribution in [-0.4, -0.2) is 30.9 Å². The first kappa shape index (κ1) is 28.2. The van der Waals surface area contributed by atoms with Crippen molar-refractivity contribution in [1.29, 1.82) is 0 Å². The van der Waals surface area contributed by atoms with E-state index in [0.29, 0.717) is 34.0 Å². The van der Waals surface area contributed by atoms with Crippen LogP contribution in [0, 0.1) is 19.3 Å². The highest BCUT2D eigenvalue weighted by molar-refractivity contribution is 6.30. The molecule has 1 amide bonds. The van der Waals surface area contributed by atoms with E-state index in [1.165, 1.54) is 0 Å². The quantitative estimate of drug-likeness (QED) is 0.438. The second-order valence-electron chi connectivity index (χ2n) is 10.6. The molecule has 0 fully saturated rings. The van der Waals surface area contributed by atoms with Gasteiger partial charge in [0, 0.05) is 34.7 Å². The number of hydrogen-bond donors (Lipinski definition) is 2. The first-order valence-corrected chi connectivity index (χ1v) is 13.2. The lowest BCUT2D eigenvalue weighted by atomic mass is 9.70. The van der Waals surface area contributed by atoms with Gasteiger partial charge >= 0.3 is 5.97 Å². The Balaban J connectivity index is 1.73. The zero-order chi connectivity index (χ0) is 28.5. The lowest BCUT2D eigenvalue weighted by molar-refractivity contribution is -0.139. The number of allylic oxidation sites excluding steroid dienone is 2. The number of nitrogens with two attached hydrogens (primary N) is 1. The number of hydrogen-bond acceptors (Lipinski definition) is 7. The summed E-state index contributed by atoms with van der Waals surface area (Å²) in [7, 11) is 0. The van der Waals surface area contributed by atoms with E-state index in [1.54, 1.807) is 25.1 Å². The number of rotatable bonds is 7. The second-order valence-corrected chi connectivity index (χ2v) is 11.1. The number of nitrogens with one attached hydrogen (secondary N) is 1. The predicted molar refractivity (Wildman–Crippen MR) is 148 cm³/mol. The average molecular weight is 553 g/mol. The molecule has 1 aliphatic heterocycles. The van der Waals surface area contributed by atoms with Crippen molar-refractivity contribution in [3.8, 4) is 5.75 Å². The van der Waals surface area contributed by atoms with Gasteiger partial charge < -0.3 is 25.3 Å². The monoisotopic (exact) mass is 552 g/mol. The lowest BCUT2D eigenvalue weighted by Gasteiger charge is -2.38. The molecule has 0 radical (unpaired) electrons. The van der Waals surface area contributed by atoms with Crippen molar-refractivity contribution < 1.29 is 28.6 Å². The standard InChI is InChI=1S/C30H33ClN2O6/c1-6-37-29(36)27-25(26-21(34)13-30(4,5)14-23(26)39-28(27)32)19-12-18(31)9-10-22(19)38-15-24(35)33-20-11-16(2)7-8-17(20)3/h7-12,25H,6,13-15,32H2,1-5H3,(H,33,35). The van der Waals surface area contributed by atoms with E-state index in [-0.39, 0.29) is 53.9 Å². The Morgan fingerprint density at radius 2 is 1.90 bits per heavy atom. The molecule has 0 spiro atoms. The topological polar surface area (TPSA) is 117 Å². The van der Waals surface area contributed by atoms with Gasteiger partial charge in [-0.15, -0.1) is 0 Å². The summed E-state index contributed by atoms with van der Waals surface area (Å²) in [5.74, 6) is -1.63. The molecule has 206 valence electrons. The molecule has 39 heavy (non-hydrogen) atoms. The van der Waals surface area contributed by atoms with E-state index in [2.05, 4.69) is 5.32 Å². The number of benzene rings is 2. The molecular formula is C30H33ClN2O6. The fourth-order valence-electron chi connectivity index (χ4n) is 4.98. The Labute approximate surface area is 233 Å². The number of ketones is 1. The van der Waals surface area contributed by atoms with E-state index in [9.17, 15) is 14.4 Å². The average Bonchev–Trinajstić information content (AvgIpc) is 2.84. The van der Waals surface area contributed by atoms with Gasteiger partial charge in [-0.3, -0.25) is 9.59 Å². The number of anilines is 1. The highest BCUT2D eigenvalue weighted by atomic mass is 35.5. The first-order chi connectivity index (χ1) is 18.4.